The molecule has 2 aromatic rings. The maximum Gasteiger partial charge on any atom is 0.148 e. The van der Waals surface area contributed by atoms with Gasteiger partial charge in [-0.15, -0.1) is 0 Å². The molecule has 1 heterocycles. The van der Waals surface area contributed by atoms with E-state index in [1.807, 2.05) is 32.0 Å². The molecule has 0 saturated carbocycles. The third-order valence-electron chi connectivity index (χ3n) is 4.11. The van der Waals surface area contributed by atoms with E-state index in [1.54, 1.807) is 21.3 Å². The average molecular weight is 345 g/mol. The zero-order chi connectivity index (χ0) is 18.4. The molecule has 6 heteroatoms. The first-order valence-corrected chi connectivity index (χ1v) is 8.37. The lowest BCUT2D eigenvalue weighted by Gasteiger charge is -2.19. The molecule has 2 rings (SSSR count). The van der Waals surface area contributed by atoms with Gasteiger partial charge in [0.1, 0.15) is 17.3 Å². The Kier molecular flexibility index (Phi) is 6.58. The number of rotatable bonds is 8. The van der Waals surface area contributed by atoms with Crippen molar-refractivity contribution in [3.05, 3.63) is 29.6 Å². The Hall–Kier alpha value is -2.34. The summed E-state index contributed by atoms with van der Waals surface area (Å²) in [4.78, 5) is 9.49. The van der Waals surface area contributed by atoms with Crippen LogP contribution in [0, 0.1) is 13.8 Å². The fraction of sp³-hybridized carbons (Fsp3) is 0.474. The first-order valence-electron chi connectivity index (χ1n) is 8.37. The summed E-state index contributed by atoms with van der Waals surface area (Å²) in [7, 11) is 4.97. The number of aryl methyl sites for hydroxylation is 2. The summed E-state index contributed by atoms with van der Waals surface area (Å²) in [6.45, 7) is 6.65. The van der Waals surface area contributed by atoms with Crippen molar-refractivity contribution in [3.8, 4) is 22.8 Å². The normalized spacial score (nSPS) is 11.9. The SMILES string of the molecule is CCC(COC)Nc1nc(C)c(-c2ccc(OC)cc2OC)nc1C. The van der Waals surface area contributed by atoms with Crippen LogP contribution < -0.4 is 14.8 Å². The Balaban J connectivity index is 2.40. The molecule has 0 aliphatic heterocycles. The minimum absolute atomic E-state index is 0.207. The summed E-state index contributed by atoms with van der Waals surface area (Å²) in [5.41, 5.74) is 3.38. The maximum atomic E-state index is 5.50. The zero-order valence-electron chi connectivity index (χ0n) is 15.8. The number of nitrogens with zero attached hydrogens (tertiary/aromatic N) is 2. The lowest BCUT2D eigenvalue weighted by Crippen LogP contribution is -2.25. The molecule has 0 spiro atoms. The van der Waals surface area contributed by atoms with Gasteiger partial charge < -0.3 is 19.5 Å². The minimum atomic E-state index is 0.207. The second-order valence-corrected chi connectivity index (χ2v) is 5.86. The van der Waals surface area contributed by atoms with Crippen molar-refractivity contribution in [1.82, 2.24) is 9.97 Å². The number of hydrogen-bond acceptors (Lipinski definition) is 6. The highest BCUT2D eigenvalue weighted by atomic mass is 16.5. The fourth-order valence-corrected chi connectivity index (χ4v) is 2.65. The van der Waals surface area contributed by atoms with E-state index in [0.29, 0.717) is 12.4 Å². The van der Waals surface area contributed by atoms with E-state index in [9.17, 15) is 0 Å². The predicted octanol–water partition coefficient (Wildman–Crippen LogP) is 3.61. The van der Waals surface area contributed by atoms with E-state index >= 15 is 0 Å². The van der Waals surface area contributed by atoms with E-state index < -0.39 is 0 Å². The summed E-state index contributed by atoms with van der Waals surface area (Å²) < 4.78 is 16.0. The number of hydrogen-bond donors (Lipinski definition) is 1. The molecule has 136 valence electrons. The molecule has 0 fully saturated rings. The van der Waals surface area contributed by atoms with Gasteiger partial charge in [-0.1, -0.05) is 6.92 Å². The van der Waals surface area contributed by atoms with Crippen molar-refractivity contribution in [2.24, 2.45) is 0 Å². The van der Waals surface area contributed by atoms with Gasteiger partial charge in [0.2, 0.25) is 0 Å². The molecular formula is C19H27N3O3. The van der Waals surface area contributed by atoms with Crippen LogP contribution in [0.5, 0.6) is 11.5 Å². The van der Waals surface area contributed by atoms with Crippen LogP contribution in [0.25, 0.3) is 11.3 Å². The monoisotopic (exact) mass is 345 g/mol. The Morgan fingerprint density at radius 3 is 2.40 bits per heavy atom. The number of anilines is 1. The third kappa shape index (κ3) is 4.39. The van der Waals surface area contributed by atoms with Crippen molar-refractivity contribution in [2.75, 3.05) is 33.3 Å². The third-order valence-corrected chi connectivity index (χ3v) is 4.11. The molecule has 0 saturated heterocycles. The van der Waals surface area contributed by atoms with E-state index in [2.05, 4.69) is 12.2 Å². The molecule has 25 heavy (non-hydrogen) atoms. The second kappa shape index (κ2) is 8.67. The van der Waals surface area contributed by atoms with Crippen LogP contribution in [0.15, 0.2) is 18.2 Å². The highest BCUT2D eigenvalue weighted by Gasteiger charge is 2.16. The molecule has 0 aliphatic rings. The molecule has 1 atom stereocenters. The molecule has 0 bridgehead atoms. The van der Waals surface area contributed by atoms with Gasteiger partial charge in [0, 0.05) is 18.7 Å². The number of methoxy groups -OCH3 is 3. The van der Waals surface area contributed by atoms with Crippen molar-refractivity contribution < 1.29 is 14.2 Å². The van der Waals surface area contributed by atoms with Crippen LogP contribution in [0.2, 0.25) is 0 Å². The van der Waals surface area contributed by atoms with Crippen molar-refractivity contribution in [3.63, 3.8) is 0 Å². The smallest absolute Gasteiger partial charge is 0.148 e. The first-order chi connectivity index (χ1) is 12.0. The molecule has 1 unspecified atom stereocenters. The predicted molar refractivity (Wildman–Crippen MR) is 99.6 cm³/mol. The molecule has 1 N–H and O–H groups in total. The van der Waals surface area contributed by atoms with Gasteiger partial charge in [0.05, 0.1) is 44.0 Å². The summed E-state index contributed by atoms with van der Waals surface area (Å²) in [6.07, 6.45) is 0.946. The Morgan fingerprint density at radius 1 is 1.04 bits per heavy atom. The number of benzene rings is 1. The highest BCUT2D eigenvalue weighted by Crippen LogP contribution is 2.34. The van der Waals surface area contributed by atoms with E-state index in [-0.39, 0.29) is 6.04 Å². The molecule has 0 amide bonds. The van der Waals surface area contributed by atoms with Gasteiger partial charge in [-0.25, -0.2) is 9.97 Å². The summed E-state index contributed by atoms with van der Waals surface area (Å²) in [6, 6.07) is 5.90. The van der Waals surface area contributed by atoms with Gasteiger partial charge >= 0.3 is 0 Å². The summed E-state index contributed by atoms with van der Waals surface area (Å²) in [5.74, 6) is 2.24. The van der Waals surface area contributed by atoms with E-state index in [0.717, 1.165) is 40.6 Å². The highest BCUT2D eigenvalue weighted by molar-refractivity contribution is 5.71. The van der Waals surface area contributed by atoms with Gasteiger partial charge in [0.25, 0.3) is 0 Å². The Bertz CT molecular complexity index is 719. The van der Waals surface area contributed by atoms with Crippen molar-refractivity contribution >= 4 is 5.82 Å². The average Bonchev–Trinajstić information content (AvgIpc) is 2.63. The van der Waals surface area contributed by atoms with Gasteiger partial charge in [-0.3, -0.25) is 0 Å². The first kappa shape index (κ1) is 19.0. The van der Waals surface area contributed by atoms with Crippen LogP contribution in [-0.4, -0.2) is 43.9 Å². The molecule has 1 aromatic carbocycles. The van der Waals surface area contributed by atoms with Crippen LogP contribution in [-0.2, 0) is 4.74 Å². The van der Waals surface area contributed by atoms with E-state index in [4.69, 9.17) is 24.2 Å². The second-order valence-electron chi connectivity index (χ2n) is 5.86. The van der Waals surface area contributed by atoms with Crippen molar-refractivity contribution in [2.45, 2.75) is 33.2 Å². The molecule has 0 aliphatic carbocycles. The maximum absolute atomic E-state index is 5.50. The van der Waals surface area contributed by atoms with Crippen LogP contribution in [0.1, 0.15) is 24.7 Å². The molecule has 6 nitrogen and oxygen atoms in total. The van der Waals surface area contributed by atoms with Crippen LogP contribution in [0.4, 0.5) is 5.82 Å². The topological polar surface area (TPSA) is 65.5 Å². The Morgan fingerprint density at radius 2 is 1.80 bits per heavy atom. The molecule has 0 radical (unpaired) electrons. The quantitative estimate of drug-likeness (QED) is 0.788. The lowest BCUT2D eigenvalue weighted by atomic mass is 10.1. The van der Waals surface area contributed by atoms with Gasteiger partial charge in [0.15, 0.2) is 0 Å². The number of ether oxygens (including phenoxy) is 3. The number of nitrogens with one attached hydrogen (secondary N) is 1. The number of aromatic nitrogens is 2. The van der Waals surface area contributed by atoms with Crippen LogP contribution >= 0.6 is 0 Å². The van der Waals surface area contributed by atoms with Gasteiger partial charge in [-0.05, 0) is 32.4 Å². The molecule has 1 aromatic heterocycles. The molecular weight excluding hydrogens is 318 g/mol. The zero-order valence-corrected chi connectivity index (χ0v) is 15.8. The van der Waals surface area contributed by atoms with E-state index in [1.165, 1.54) is 0 Å². The minimum Gasteiger partial charge on any atom is -0.497 e. The fourth-order valence-electron chi connectivity index (χ4n) is 2.65. The van der Waals surface area contributed by atoms with Gasteiger partial charge in [-0.2, -0.15) is 0 Å². The summed E-state index contributed by atoms with van der Waals surface area (Å²) in [5, 5.41) is 3.41. The Labute approximate surface area is 149 Å². The largest absolute Gasteiger partial charge is 0.497 e. The van der Waals surface area contributed by atoms with Crippen LogP contribution in [0.3, 0.4) is 0 Å². The summed E-state index contributed by atoms with van der Waals surface area (Å²) >= 11 is 0. The van der Waals surface area contributed by atoms with Crippen molar-refractivity contribution in [1.29, 1.82) is 0 Å². The lowest BCUT2D eigenvalue weighted by molar-refractivity contribution is 0.184. The standard InChI is InChI=1S/C19H27N3O3/c1-7-14(11-23-4)22-19-13(3)20-18(12(2)21-19)16-9-8-15(24-5)10-17(16)25-6/h8-10,14H,7,11H2,1-6H3,(H,21,22).